The van der Waals surface area contributed by atoms with Gasteiger partial charge in [0.05, 0.1) is 23.3 Å². The number of imide groups is 1. The lowest BCUT2D eigenvalue weighted by atomic mass is 9.81. The van der Waals surface area contributed by atoms with E-state index in [-0.39, 0.29) is 27.4 Å². The smallest absolute Gasteiger partial charge is 0.272 e. The van der Waals surface area contributed by atoms with E-state index < -0.39 is 34.5 Å². The Bertz CT molecular complexity index is 1100. The molecule has 2 aromatic rings. The average Bonchev–Trinajstić information content (AvgIpc) is 3.02. The van der Waals surface area contributed by atoms with E-state index in [0.29, 0.717) is 18.4 Å². The molecule has 8 nitrogen and oxygen atoms in total. The van der Waals surface area contributed by atoms with E-state index in [4.69, 9.17) is 0 Å². The number of fused-ring (bicyclic) bond motifs is 1. The maximum Gasteiger partial charge on any atom is 0.273 e. The first-order valence-corrected chi connectivity index (χ1v) is 12.8. The predicted molar refractivity (Wildman–Crippen MR) is 131 cm³/mol. The van der Waals surface area contributed by atoms with Crippen molar-refractivity contribution in [1.29, 1.82) is 0 Å². The first-order chi connectivity index (χ1) is 15.7. The van der Waals surface area contributed by atoms with Gasteiger partial charge in [0.1, 0.15) is 0 Å². The van der Waals surface area contributed by atoms with E-state index in [1.165, 1.54) is 18.2 Å². The van der Waals surface area contributed by atoms with E-state index in [2.05, 4.69) is 47.8 Å². The molecule has 0 bridgehead atoms. The Hall–Kier alpha value is -2.11. The zero-order valence-corrected chi connectivity index (χ0v) is 21.8. The number of halogens is 3. The fourth-order valence-electron chi connectivity index (χ4n) is 4.21. The summed E-state index contributed by atoms with van der Waals surface area (Å²) in [6.07, 6.45) is 0.942. The van der Waals surface area contributed by atoms with Crippen LogP contribution in [0.2, 0.25) is 0 Å². The quantitative estimate of drug-likeness (QED) is 0.201. The van der Waals surface area contributed by atoms with Crippen molar-refractivity contribution in [2.75, 3.05) is 0 Å². The topological polar surface area (TPSA) is 101 Å². The summed E-state index contributed by atoms with van der Waals surface area (Å²) >= 11 is 10.5. The van der Waals surface area contributed by atoms with Crippen LogP contribution in [0.5, 0.6) is 0 Å². The molecular formula is C22H18Br3N3O5. The first-order valence-electron chi connectivity index (χ1n) is 10.1. The number of nitro groups is 1. The van der Waals surface area contributed by atoms with Crippen molar-refractivity contribution in [2.24, 2.45) is 11.8 Å². The van der Waals surface area contributed by atoms with Crippen LogP contribution in [-0.4, -0.2) is 42.3 Å². The number of amides is 3. The Balaban J connectivity index is 1.72. The third-order valence-corrected chi connectivity index (χ3v) is 9.18. The highest BCUT2D eigenvalue weighted by Gasteiger charge is 2.54. The molecule has 33 heavy (non-hydrogen) atoms. The minimum atomic E-state index is -0.659. The van der Waals surface area contributed by atoms with Crippen LogP contribution in [-0.2, 0) is 16.1 Å². The molecule has 11 heteroatoms. The fraction of sp³-hybridized carbons (Fsp3) is 0.318. The molecular weight excluding hydrogens is 626 g/mol. The lowest BCUT2D eigenvalue weighted by Crippen LogP contribution is -2.49. The summed E-state index contributed by atoms with van der Waals surface area (Å²) < 4.78 is 0.842. The summed E-state index contributed by atoms with van der Waals surface area (Å²) in [5, 5.41) is 13.3. The molecule has 4 atom stereocenters. The van der Waals surface area contributed by atoms with E-state index in [1.54, 1.807) is 24.3 Å². The molecule has 2 fully saturated rings. The molecule has 1 saturated heterocycles. The Morgan fingerprint density at radius 3 is 2.15 bits per heavy atom. The Morgan fingerprint density at radius 1 is 1.03 bits per heavy atom. The molecule has 1 aliphatic carbocycles. The normalized spacial score (nSPS) is 24.5. The van der Waals surface area contributed by atoms with Crippen molar-refractivity contribution < 1.29 is 19.3 Å². The van der Waals surface area contributed by atoms with Crippen LogP contribution >= 0.6 is 47.8 Å². The van der Waals surface area contributed by atoms with Crippen LogP contribution in [0.4, 0.5) is 5.69 Å². The highest BCUT2D eigenvalue weighted by molar-refractivity contribution is 9.12. The van der Waals surface area contributed by atoms with Crippen molar-refractivity contribution in [1.82, 2.24) is 10.0 Å². The number of nitrogens with zero attached hydrogens (tertiary/aromatic N) is 3. The molecule has 1 aliphatic heterocycles. The number of hydrogen-bond donors (Lipinski definition) is 0. The SMILES string of the molecule is O=C(c1cccc([N+](=O)[O-])c1)N(Cc1ccc(Br)cc1)N1C(=O)[C@@H]2C[C@@H](Br)[C@@H](Br)C[C@H]2C1=O. The number of rotatable bonds is 5. The molecule has 0 spiro atoms. The second-order valence-corrected chi connectivity index (χ2v) is 11.3. The van der Waals surface area contributed by atoms with Gasteiger partial charge in [0, 0.05) is 31.8 Å². The van der Waals surface area contributed by atoms with Crippen LogP contribution in [0.3, 0.4) is 0 Å². The highest BCUT2D eigenvalue weighted by Crippen LogP contribution is 2.44. The zero-order chi connectivity index (χ0) is 23.9. The molecule has 4 rings (SSSR count). The number of benzene rings is 2. The second-order valence-electron chi connectivity index (χ2n) is 8.00. The molecule has 2 aromatic carbocycles. The van der Waals surface area contributed by atoms with Crippen molar-refractivity contribution in [3.05, 3.63) is 74.2 Å². The van der Waals surface area contributed by atoms with Gasteiger partial charge in [-0.15, -0.1) is 0 Å². The molecule has 0 radical (unpaired) electrons. The standard InChI is InChI=1S/C22H18Br3N3O5/c23-14-6-4-12(5-7-14)11-26(20(29)13-2-1-3-15(8-13)28(32)33)27-21(30)16-9-18(24)19(25)10-17(16)22(27)31/h1-8,16-19H,9-11H2/t16-,17-,18-,19+/m1/s1. The van der Waals surface area contributed by atoms with Gasteiger partial charge in [-0.3, -0.25) is 24.5 Å². The minimum absolute atomic E-state index is 0.0218. The number of hydrazine groups is 1. The molecule has 0 aromatic heterocycles. The third-order valence-electron chi connectivity index (χ3n) is 5.91. The summed E-state index contributed by atoms with van der Waals surface area (Å²) in [7, 11) is 0. The van der Waals surface area contributed by atoms with Gasteiger partial charge < -0.3 is 0 Å². The second kappa shape index (κ2) is 9.63. The number of non-ortho nitro benzene ring substituents is 1. The maximum atomic E-state index is 13.5. The van der Waals surface area contributed by atoms with Gasteiger partial charge in [-0.05, 0) is 36.6 Å². The van der Waals surface area contributed by atoms with Crippen LogP contribution in [0.25, 0.3) is 0 Å². The monoisotopic (exact) mass is 641 g/mol. The van der Waals surface area contributed by atoms with Crippen LogP contribution in [0, 0.1) is 22.0 Å². The van der Waals surface area contributed by atoms with Crippen molar-refractivity contribution in [2.45, 2.75) is 29.0 Å². The van der Waals surface area contributed by atoms with E-state index in [9.17, 15) is 24.5 Å². The van der Waals surface area contributed by atoms with Gasteiger partial charge >= 0.3 is 0 Å². The van der Waals surface area contributed by atoms with Gasteiger partial charge in [-0.2, -0.15) is 5.01 Å². The van der Waals surface area contributed by atoms with Crippen LogP contribution in [0.15, 0.2) is 53.0 Å². The summed E-state index contributed by atoms with van der Waals surface area (Å²) in [5.74, 6) is -2.57. The van der Waals surface area contributed by atoms with Gasteiger partial charge in [0.2, 0.25) is 0 Å². The first kappa shape index (κ1) is 24.0. The predicted octanol–water partition coefficient (Wildman–Crippen LogP) is 4.84. The highest BCUT2D eigenvalue weighted by atomic mass is 79.9. The minimum Gasteiger partial charge on any atom is -0.272 e. The van der Waals surface area contributed by atoms with Gasteiger partial charge in [0.25, 0.3) is 23.4 Å². The van der Waals surface area contributed by atoms with Gasteiger partial charge in [-0.25, -0.2) is 5.01 Å². The molecule has 0 unspecified atom stereocenters. The largest absolute Gasteiger partial charge is 0.273 e. The fourth-order valence-corrected chi connectivity index (χ4v) is 5.71. The molecule has 0 N–H and O–H groups in total. The molecule has 2 aliphatic rings. The molecule has 3 amide bonds. The summed E-state index contributed by atoms with van der Waals surface area (Å²) in [4.78, 5) is 50.9. The van der Waals surface area contributed by atoms with E-state index in [0.717, 1.165) is 20.6 Å². The zero-order valence-electron chi connectivity index (χ0n) is 17.1. The Labute approximate surface area is 214 Å². The number of alkyl halides is 2. The summed E-state index contributed by atoms with van der Waals surface area (Å²) in [6, 6.07) is 12.4. The van der Waals surface area contributed by atoms with E-state index >= 15 is 0 Å². The molecule has 1 heterocycles. The Morgan fingerprint density at radius 2 is 1.61 bits per heavy atom. The van der Waals surface area contributed by atoms with Gasteiger partial charge in [0.15, 0.2) is 0 Å². The summed E-state index contributed by atoms with van der Waals surface area (Å²) in [5.41, 5.74) is 0.471. The van der Waals surface area contributed by atoms with Crippen LogP contribution < -0.4 is 0 Å². The van der Waals surface area contributed by atoms with Crippen LogP contribution in [0.1, 0.15) is 28.8 Å². The lowest BCUT2D eigenvalue weighted by Gasteiger charge is -2.30. The number of nitro benzene ring substituents is 1. The Kier molecular flexibility index (Phi) is 7.01. The number of carbonyl (C=O) groups is 3. The lowest BCUT2D eigenvalue weighted by molar-refractivity contribution is -0.384. The number of hydrogen-bond acceptors (Lipinski definition) is 5. The van der Waals surface area contributed by atoms with E-state index in [1.807, 2.05) is 0 Å². The summed E-state index contributed by atoms with van der Waals surface area (Å²) in [6.45, 7) is -0.0405. The average molecular weight is 644 g/mol. The third kappa shape index (κ3) is 4.76. The molecule has 172 valence electrons. The maximum absolute atomic E-state index is 13.5. The number of carbonyl (C=O) groups excluding carboxylic acids is 3. The van der Waals surface area contributed by atoms with Crippen molar-refractivity contribution in [3.63, 3.8) is 0 Å². The molecule has 1 saturated carbocycles. The van der Waals surface area contributed by atoms with Crippen molar-refractivity contribution in [3.8, 4) is 0 Å². The van der Waals surface area contributed by atoms with Crippen molar-refractivity contribution >= 4 is 71.2 Å². The van der Waals surface area contributed by atoms with Gasteiger partial charge in [-0.1, -0.05) is 66.0 Å².